The molecule has 0 bridgehead atoms. The summed E-state index contributed by atoms with van der Waals surface area (Å²) in [4.78, 5) is 14.9. The van der Waals surface area contributed by atoms with Gasteiger partial charge in [-0.3, -0.25) is 0 Å². The molecule has 1 N–H and O–H groups in total. The second kappa shape index (κ2) is 10.5. The van der Waals surface area contributed by atoms with E-state index in [1.807, 2.05) is 0 Å². The van der Waals surface area contributed by atoms with Crippen molar-refractivity contribution in [2.24, 2.45) is 5.10 Å². The average Bonchev–Trinajstić information content (AvgIpc) is 2.81. The molecule has 9 heteroatoms. The first kappa shape index (κ1) is 22.8. The van der Waals surface area contributed by atoms with Gasteiger partial charge in [-0.1, -0.05) is 30.3 Å². The van der Waals surface area contributed by atoms with Gasteiger partial charge in [0.1, 0.15) is 11.3 Å². The van der Waals surface area contributed by atoms with Gasteiger partial charge in [-0.05, 0) is 55.0 Å². The van der Waals surface area contributed by atoms with E-state index >= 15 is 0 Å². The van der Waals surface area contributed by atoms with Crippen molar-refractivity contribution in [2.75, 3.05) is 13.7 Å². The summed E-state index contributed by atoms with van der Waals surface area (Å²) < 4.78 is 40.8. The molecule has 32 heavy (non-hydrogen) atoms. The number of nitrogens with zero attached hydrogens (tertiary/aromatic N) is 1. The number of ether oxygens (including phenoxy) is 3. The maximum atomic E-state index is 12.6. The molecule has 0 saturated heterocycles. The van der Waals surface area contributed by atoms with E-state index in [0.717, 1.165) is 0 Å². The Balaban J connectivity index is 1.77. The molecule has 3 rings (SSSR count). The number of sulfonamides is 1. The van der Waals surface area contributed by atoms with Crippen molar-refractivity contribution in [1.82, 2.24) is 4.83 Å². The van der Waals surface area contributed by atoms with Crippen LogP contribution in [0.5, 0.6) is 17.2 Å². The van der Waals surface area contributed by atoms with Crippen LogP contribution in [0.1, 0.15) is 22.8 Å². The summed E-state index contributed by atoms with van der Waals surface area (Å²) in [6, 6.07) is 19.4. The number of carbonyl (C=O) groups excluding carboxylic acids is 1. The molecule has 0 radical (unpaired) electrons. The average molecular weight is 455 g/mol. The summed E-state index contributed by atoms with van der Waals surface area (Å²) in [6.07, 6.45) is 1.33. The van der Waals surface area contributed by atoms with Crippen LogP contribution < -0.4 is 19.0 Å². The molecule has 0 saturated carbocycles. The van der Waals surface area contributed by atoms with Crippen LogP contribution in [-0.2, 0) is 10.0 Å². The second-order valence-corrected chi connectivity index (χ2v) is 8.06. The van der Waals surface area contributed by atoms with Crippen LogP contribution in [0.4, 0.5) is 0 Å². The molecule has 0 aliphatic rings. The lowest BCUT2D eigenvalue weighted by atomic mass is 10.2. The van der Waals surface area contributed by atoms with Gasteiger partial charge in [0.25, 0.3) is 10.0 Å². The zero-order valence-corrected chi connectivity index (χ0v) is 18.3. The van der Waals surface area contributed by atoms with Gasteiger partial charge in [-0.25, -0.2) is 9.63 Å². The Morgan fingerprint density at radius 2 is 1.69 bits per heavy atom. The van der Waals surface area contributed by atoms with E-state index in [0.29, 0.717) is 23.7 Å². The number of rotatable bonds is 9. The van der Waals surface area contributed by atoms with Crippen molar-refractivity contribution in [3.8, 4) is 17.2 Å². The molecule has 0 aliphatic heterocycles. The molecule has 0 spiro atoms. The molecular weight excluding hydrogens is 432 g/mol. The first-order valence-electron chi connectivity index (χ1n) is 9.66. The molecule has 3 aromatic rings. The molecular formula is C23H22N2O6S. The highest BCUT2D eigenvalue weighted by Crippen LogP contribution is 2.30. The molecule has 0 amide bonds. The molecule has 8 nitrogen and oxygen atoms in total. The predicted octanol–water partition coefficient (Wildman–Crippen LogP) is 3.63. The number of nitrogens with one attached hydrogen (secondary N) is 1. The van der Waals surface area contributed by atoms with Crippen molar-refractivity contribution in [2.45, 2.75) is 11.8 Å². The zero-order valence-electron chi connectivity index (χ0n) is 17.5. The summed E-state index contributed by atoms with van der Waals surface area (Å²) in [5, 5.41) is 3.81. The van der Waals surface area contributed by atoms with Gasteiger partial charge >= 0.3 is 5.97 Å². The number of hydrogen-bond donors (Lipinski definition) is 1. The summed E-state index contributed by atoms with van der Waals surface area (Å²) in [5.41, 5.74) is 0.819. The first-order chi connectivity index (χ1) is 15.4. The first-order valence-corrected chi connectivity index (χ1v) is 11.1. The summed E-state index contributed by atoms with van der Waals surface area (Å²) in [5.74, 6) is 0.320. The SMILES string of the molecule is CCOc1cc(/C=N/NS(=O)(=O)c2ccccc2)ccc1OC(=O)c1ccccc1OC. The van der Waals surface area contributed by atoms with E-state index in [1.165, 1.54) is 25.5 Å². The molecule has 0 aromatic heterocycles. The monoisotopic (exact) mass is 454 g/mol. The fourth-order valence-electron chi connectivity index (χ4n) is 2.75. The summed E-state index contributed by atoms with van der Waals surface area (Å²) >= 11 is 0. The third-order valence-corrected chi connectivity index (χ3v) is 5.48. The Kier molecular flexibility index (Phi) is 7.45. The fraction of sp³-hybridized carbons (Fsp3) is 0.130. The minimum atomic E-state index is -3.77. The highest BCUT2D eigenvalue weighted by atomic mass is 32.2. The Bertz CT molecular complexity index is 1210. The maximum Gasteiger partial charge on any atom is 0.347 e. The number of para-hydroxylation sites is 1. The van der Waals surface area contributed by atoms with Crippen molar-refractivity contribution in [3.63, 3.8) is 0 Å². The van der Waals surface area contributed by atoms with Gasteiger partial charge in [0.15, 0.2) is 11.5 Å². The van der Waals surface area contributed by atoms with Crippen molar-refractivity contribution >= 4 is 22.2 Å². The molecule has 3 aromatic carbocycles. The number of carbonyl (C=O) groups is 1. The van der Waals surface area contributed by atoms with Gasteiger partial charge in [0, 0.05) is 0 Å². The smallest absolute Gasteiger partial charge is 0.347 e. The van der Waals surface area contributed by atoms with Gasteiger partial charge in [0.2, 0.25) is 0 Å². The number of esters is 1. The molecule has 0 atom stereocenters. The topological polar surface area (TPSA) is 103 Å². The standard InChI is InChI=1S/C23H22N2O6S/c1-3-30-22-15-17(16-24-25-32(27,28)18-9-5-4-6-10-18)13-14-21(22)31-23(26)19-11-7-8-12-20(19)29-2/h4-16,25H,3H2,1-2H3/b24-16+. The lowest BCUT2D eigenvalue weighted by Crippen LogP contribution is -2.18. The van der Waals surface area contributed by atoms with Gasteiger partial charge in [0.05, 0.1) is 24.8 Å². The van der Waals surface area contributed by atoms with E-state index in [1.54, 1.807) is 67.6 Å². The Labute approximate surface area is 186 Å². The number of hydrogen-bond acceptors (Lipinski definition) is 7. The fourth-order valence-corrected chi connectivity index (χ4v) is 3.56. The van der Waals surface area contributed by atoms with Gasteiger partial charge in [-0.2, -0.15) is 13.5 Å². The van der Waals surface area contributed by atoms with Crippen molar-refractivity contribution in [1.29, 1.82) is 0 Å². The number of hydrazone groups is 1. The number of benzene rings is 3. The zero-order chi connectivity index (χ0) is 23.0. The minimum Gasteiger partial charge on any atom is -0.496 e. The van der Waals surface area contributed by atoms with Crippen LogP contribution in [-0.4, -0.2) is 34.3 Å². The van der Waals surface area contributed by atoms with E-state index in [2.05, 4.69) is 9.93 Å². The van der Waals surface area contributed by atoms with Crippen molar-refractivity contribution < 1.29 is 27.4 Å². The molecule has 0 unspecified atom stereocenters. The normalized spacial score (nSPS) is 11.2. The maximum absolute atomic E-state index is 12.6. The van der Waals surface area contributed by atoms with Gasteiger partial charge < -0.3 is 14.2 Å². The highest BCUT2D eigenvalue weighted by Gasteiger charge is 2.17. The molecule has 0 aliphatic carbocycles. The Morgan fingerprint density at radius 3 is 2.41 bits per heavy atom. The Morgan fingerprint density at radius 1 is 0.969 bits per heavy atom. The highest BCUT2D eigenvalue weighted by molar-refractivity contribution is 7.89. The van der Waals surface area contributed by atoms with Crippen LogP contribution in [0.15, 0.2) is 82.8 Å². The van der Waals surface area contributed by atoms with Crippen LogP contribution in [0.3, 0.4) is 0 Å². The van der Waals surface area contributed by atoms with E-state index in [9.17, 15) is 13.2 Å². The lowest BCUT2D eigenvalue weighted by molar-refractivity contribution is 0.0725. The quantitative estimate of drug-likeness (QED) is 0.229. The molecule has 166 valence electrons. The summed E-state index contributed by atoms with van der Waals surface area (Å²) in [6.45, 7) is 2.13. The minimum absolute atomic E-state index is 0.103. The molecule has 0 heterocycles. The largest absolute Gasteiger partial charge is 0.496 e. The third kappa shape index (κ3) is 5.64. The van der Waals surface area contributed by atoms with Crippen LogP contribution in [0.2, 0.25) is 0 Å². The van der Waals surface area contributed by atoms with Crippen molar-refractivity contribution in [3.05, 3.63) is 83.9 Å². The predicted molar refractivity (Wildman–Crippen MR) is 120 cm³/mol. The second-order valence-electron chi connectivity index (χ2n) is 6.39. The van der Waals surface area contributed by atoms with Crippen LogP contribution >= 0.6 is 0 Å². The summed E-state index contributed by atoms with van der Waals surface area (Å²) in [7, 11) is -2.30. The third-order valence-electron chi connectivity index (χ3n) is 4.24. The van der Waals surface area contributed by atoms with E-state index < -0.39 is 16.0 Å². The number of methoxy groups -OCH3 is 1. The molecule has 0 fully saturated rings. The van der Waals surface area contributed by atoms with E-state index in [-0.39, 0.29) is 16.2 Å². The van der Waals surface area contributed by atoms with Crippen LogP contribution in [0, 0.1) is 0 Å². The lowest BCUT2D eigenvalue weighted by Gasteiger charge is -2.12. The van der Waals surface area contributed by atoms with Crippen LogP contribution in [0.25, 0.3) is 0 Å². The van der Waals surface area contributed by atoms with Gasteiger partial charge in [-0.15, -0.1) is 0 Å². The van der Waals surface area contributed by atoms with E-state index in [4.69, 9.17) is 14.2 Å². The Hall–Kier alpha value is -3.85.